The van der Waals surface area contributed by atoms with E-state index in [-0.39, 0.29) is 0 Å². The number of hydrogen-bond acceptors (Lipinski definition) is 3. The Morgan fingerprint density at radius 3 is 2.65 bits per heavy atom. The molecular formula is C15H17ClN2O2. The van der Waals surface area contributed by atoms with Crippen LogP contribution in [0.4, 0.5) is 5.69 Å². The van der Waals surface area contributed by atoms with Crippen molar-refractivity contribution >= 4 is 29.0 Å². The van der Waals surface area contributed by atoms with Gasteiger partial charge in [-0.15, -0.1) is 0 Å². The number of halogens is 1. The molecule has 2 heterocycles. The van der Waals surface area contributed by atoms with Crippen LogP contribution >= 0.6 is 11.6 Å². The van der Waals surface area contributed by atoms with Crippen molar-refractivity contribution in [3.63, 3.8) is 0 Å². The molecule has 1 amide bonds. The molecule has 20 heavy (non-hydrogen) atoms. The van der Waals surface area contributed by atoms with Gasteiger partial charge in [-0.3, -0.25) is 19.4 Å². The molecule has 0 spiro atoms. The Balaban J connectivity index is 1.83. The number of rotatable bonds is 2. The van der Waals surface area contributed by atoms with Crippen LogP contribution in [0.2, 0.25) is 5.02 Å². The van der Waals surface area contributed by atoms with Gasteiger partial charge in [-0.1, -0.05) is 24.6 Å². The Bertz CT molecular complexity index is 565. The van der Waals surface area contributed by atoms with Gasteiger partial charge < -0.3 is 0 Å². The third kappa shape index (κ3) is 2.23. The minimum Gasteiger partial charge on any atom is -0.291 e. The molecule has 2 aliphatic rings. The van der Waals surface area contributed by atoms with Gasteiger partial charge in [-0.2, -0.15) is 0 Å². The first-order chi connectivity index (χ1) is 9.58. The number of piperidine rings is 1. The standard InChI is InChI=1S/C15H17ClN2O2/c1-10-5-7-17(8-6-10)9-18-12-4-2-3-11(16)13(12)14(19)15(18)20/h2-4,10H,5-9H2,1H3. The van der Waals surface area contributed by atoms with Crippen LogP contribution in [0.1, 0.15) is 30.1 Å². The Morgan fingerprint density at radius 1 is 1.25 bits per heavy atom. The molecule has 0 aromatic heterocycles. The van der Waals surface area contributed by atoms with Gasteiger partial charge in [-0.05, 0) is 30.9 Å². The third-order valence-electron chi connectivity index (χ3n) is 4.17. The normalized spacial score (nSPS) is 20.6. The van der Waals surface area contributed by atoms with E-state index in [1.54, 1.807) is 23.1 Å². The van der Waals surface area contributed by atoms with Crippen molar-refractivity contribution in [2.75, 3.05) is 24.7 Å². The molecule has 0 unspecified atom stereocenters. The molecule has 2 aliphatic heterocycles. The van der Waals surface area contributed by atoms with Gasteiger partial charge in [0, 0.05) is 13.1 Å². The van der Waals surface area contributed by atoms with Crippen molar-refractivity contribution in [1.29, 1.82) is 0 Å². The van der Waals surface area contributed by atoms with E-state index >= 15 is 0 Å². The Kier molecular flexibility index (Phi) is 3.52. The summed E-state index contributed by atoms with van der Waals surface area (Å²) in [6.07, 6.45) is 2.27. The van der Waals surface area contributed by atoms with Gasteiger partial charge in [0.15, 0.2) is 0 Å². The fourth-order valence-electron chi connectivity index (χ4n) is 2.85. The number of fused-ring (bicyclic) bond motifs is 1. The highest BCUT2D eigenvalue weighted by atomic mass is 35.5. The second-order valence-corrected chi connectivity index (χ2v) is 6.05. The van der Waals surface area contributed by atoms with Gasteiger partial charge in [-0.25, -0.2) is 0 Å². The van der Waals surface area contributed by atoms with Crippen LogP contribution in [0.5, 0.6) is 0 Å². The number of nitrogens with zero attached hydrogens (tertiary/aromatic N) is 2. The lowest BCUT2D eigenvalue weighted by atomic mass is 10.00. The summed E-state index contributed by atoms with van der Waals surface area (Å²) >= 11 is 6.04. The maximum atomic E-state index is 12.1. The van der Waals surface area contributed by atoms with E-state index in [1.807, 2.05) is 0 Å². The number of carbonyl (C=O) groups is 2. The molecule has 1 aromatic rings. The van der Waals surface area contributed by atoms with E-state index in [2.05, 4.69) is 11.8 Å². The van der Waals surface area contributed by atoms with Gasteiger partial charge >= 0.3 is 5.91 Å². The number of benzene rings is 1. The first-order valence-electron chi connectivity index (χ1n) is 6.95. The number of likely N-dealkylation sites (tertiary alicyclic amines) is 1. The molecule has 0 radical (unpaired) electrons. The Morgan fingerprint density at radius 2 is 1.95 bits per heavy atom. The summed E-state index contributed by atoms with van der Waals surface area (Å²) in [5.74, 6) is -0.216. The molecule has 0 saturated carbocycles. The fourth-order valence-corrected chi connectivity index (χ4v) is 3.10. The summed E-state index contributed by atoms with van der Waals surface area (Å²) in [6, 6.07) is 5.21. The van der Waals surface area contributed by atoms with Crippen molar-refractivity contribution in [2.24, 2.45) is 5.92 Å². The number of hydrogen-bond donors (Lipinski definition) is 0. The van der Waals surface area contributed by atoms with E-state index in [1.165, 1.54) is 0 Å². The average Bonchev–Trinajstić information content (AvgIpc) is 2.67. The quantitative estimate of drug-likeness (QED) is 0.787. The van der Waals surface area contributed by atoms with Crippen LogP contribution in [-0.4, -0.2) is 36.3 Å². The Labute approximate surface area is 123 Å². The predicted octanol–water partition coefficient (Wildman–Crippen LogP) is 2.56. The van der Waals surface area contributed by atoms with Crippen LogP contribution in [0.25, 0.3) is 0 Å². The van der Waals surface area contributed by atoms with Crippen LogP contribution in [0, 0.1) is 5.92 Å². The van der Waals surface area contributed by atoms with E-state index in [9.17, 15) is 9.59 Å². The second-order valence-electron chi connectivity index (χ2n) is 5.64. The lowest BCUT2D eigenvalue weighted by Gasteiger charge is -2.33. The summed E-state index contributed by atoms with van der Waals surface area (Å²) in [7, 11) is 0. The average molecular weight is 293 g/mol. The van der Waals surface area contributed by atoms with E-state index in [4.69, 9.17) is 11.6 Å². The largest absolute Gasteiger partial charge is 0.300 e. The molecule has 0 aliphatic carbocycles. The zero-order chi connectivity index (χ0) is 14.3. The second kappa shape index (κ2) is 5.19. The summed E-state index contributed by atoms with van der Waals surface area (Å²) in [6.45, 7) is 4.66. The highest BCUT2D eigenvalue weighted by Gasteiger charge is 2.38. The van der Waals surface area contributed by atoms with E-state index < -0.39 is 11.7 Å². The number of amides is 1. The van der Waals surface area contributed by atoms with Gasteiger partial charge in [0.05, 0.1) is 22.9 Å². The van der Waals surface area contributed by atoms with Crippen molar-refractivity contribution in [1.82, 2.24) is 4.90 Å². The van der Waals surface area contributed by atoms with Crippen molar-refractivity contribution < 1.29 is 9.59 Å². The molecule has 0 atom stereocenters. The van der Waals surface area contributed by atoms with Crippen LogP contribution in [0.3, 0.4) is 0 Å². The molecule has 5 heteroatoms. The van der Waals surface area contributed by atoms with Gasteiger partial charge in [0.2, 0.25) is 0 Å². The minimum absolute atomic E-state index is 0.351. The predicted molar refractivity (Wildman–Crippen MR) is 78.1 cm³/mol. The summed E-state index contributed by atoms with van der Waals surface area (Å²) in [4.78, 5) is 27.9. The Hall–Kier alpha value is -1.39. The molecule has 1 fully saturated rings. The lowest BCUT2D eigenvalue weighted by Crippen LogP contribution is -2.44. The first kappa shape index (κ1) is 13.6. The number of anilines is 1. The number of ketones is 1. The molecule has 1 saturated heterocycles. The highest BCUT2D eigenvalue weighted by molar-refractivity contribution is 6.55. The van der Waals surface area contributed by atoms with Crippen molar-refractivity contribution in [2.45, 2.75) is 19.8 Å². The van der Waals surface area contributed by atoms with Crippen molar-refractivity contribution in [3.8, 4) is 0 Å². The summed E-state index contributed by atoms with van der Waals surface area (Å²) in [5, 5.41) is 0.357. The highest BCUT2D eigenvalue weighted by Crippen LogP contribution is 2.34. The zero-order valence-corrected chi connectivity index (χ0v) is 12.2. The van der Waals surface area contributed by atoms with Crippen LogP contribution in [0.15, 0.2) is 18.2 Å². The third-order valence-corrected chi connectivity index (χ3v) is 4.48. The topological polar surface area (TPSA) is 40.6 Å². The number of carbonyl (C=O) groups excluding carboxylic acids is 2. The lowest BCUT2D eigenvalue weighted by molar-refractivity contribution is -0.114. The molecule has 3 rings (SSSR count). The minimum atomic E-state index is -0.490. The fraction of sp³-hybridized carbons (Fsp3) is 0.467. The monoisotopic (exact) mass is 292 g/mol. The summed E-state index contributed by atoms with van der Waals surface area (Å²) < 4.78 is 0. The van der Waals surface area contributed by atoms with Crippen LogP contribution < -0.4 is 4.90 Å². The molecule has 1 aromatic carbocycles. The smallest absolute Gasteiger partial charge is 0.291 e. The molecule has 0 bridgehead atoms. The zero-order valence-electron chi connectivity index (χ0n) is 11.4. The van der Waals surface area contributed by atoms with Gasteiger partial charge in [0.1, 0.15) is 0 Å². The first-order valence-corrected chi connectivity index (χ1v) is 7.33. The van der Waals surface area contributed by atoms with E-state index in [0.29, 0.717) is 22.9 Å². The molecular weight excluding hydrogens is 276 g/mol. The summed E-state index contributed by atoms with van der Waals surface area (Å²) in [5.41, 5.74) is 0.996. The van der Waals surface area contributed by atoms with Crippen molar-refractivity contribution in [3.05, 3.63) is 28.8 Å². The number of Topliss-reactive ketones (excluding diaryl/α,β-unsaturated/α-hetero) is 1. The molecule has 106 valence electrons. The SMILES string of the molecule is CC1CCN(CN2C(=O)C(=O)c3c(Cl)cccc32)CC1. The van der Waals surface area contributed by atoms with Gasteiger partial charge in [0.25, 0.3) is 5.78 Å². The maximum absolute atomic E-state index is 12.1. The molecule has 0 N–H and O–H groups in total. The van der Waals surface area contributed by atoms with E-state index in [0.717, 1.165) is 31.8 Å². The molecule has 4 nitrogen and oxygen atoms in total. The maximum Gasteiger partial charge on any atom is 0.300 e. The van der Waals surface area contributed by atoms with Crippen LogP contribution in [-0.2, 0) is 4.79 Å².